The van der Waals surface area contributed by atoms with Gasteiger partial charge in [0.1, 0.15) is 6.54 Å². The van der Waals surface area contributed by atoms with Crippen molar-refractivity contribution in [3.05, 3.63) is 21.9 Å². The van der Waals surface area contributed by atoms with Gasteiger partial charge in [-0.2, -0.15) is 0 Å². The predicted octanol–water partition coefficient (Wildman–Crippen LogP) is 2.04. The van der Waals surface area contributed by atoms with Gasteiger partial charge in [-0.25, -0.2) is 4.99 Å². The number of thiophene rings is 1. The lowest BCUT2D eigenvalue weighted by molar-refractivity contribution is -0.127. The highest BCUT2D eigenvalue weighted by atomic mass is 32.1. The number of hydrogen-bond donors (Lipinski definition) is 2. The molecule has 1 aromatic heterocycles. The number of nitrogens with one attached hydrogen (secondary N) is 2. The molecule has 25 heavy (non-hydrogen) atoms. The van der Waals surface area contributed by atoms with Crippen LogP contribution < -0.4 is 10.6 Å². The number of carbonyl (C=O) groups is 1. The van der Waals surface area contributed by atoms with Gasteiger partial charge in [0.25, 0.3) is 0 Å². The minimum absolute atomic E-state index is 0.0167. The third-order valence-electron chi connectivity index (χ3n) is 3.52. The van der Waals surface area contributed by atoms with Gasteiger partial charge in [0.05, 0.1) is 0 Å². The van der Waals surface area contributed by atoms with E-state index >= 15 is 0 Å². The lowest BCUT2D eigenvalue weighted by Crippen LogP contribution is -2.44. The first-order valence-electron chi connectivity index (χ1n) is 8.80. The molecule has 0 bridgehead atoms. The van der Waals surface area contributed by atoms with Gasteiger partial charge in [0.2, 0.25) is 5.91 Å². The Balaban J connectivity index is 2.55. The lowest BCUT2D eigenvalue weighted by Gasteiger charge is -2.18. The first kappa shape index (κ1) is 21.4. The average molecular weight is 369 g/mol. The molecule has 0 aliphatic rings. The van der Waals surface area contributed by atoms with Crippen molar-refractivity contribution >= 4 is 23.2 Å². The Labute approximate surface area is 155 Å². The van der Waals surface area contributed by atoms with E-state index in [9.17, 15) is 4.79 Å². The van der Waals surface area contributed by atoms with Gasteiger partial charge >= 0.3 is 0 Å². The highest BCUT2D eigenvalue weighted by Crippen LogP contribution is 2.16. The summed E-state index contributed by atoms with van der Waals surface area (Å²) < 4.78 is 5.35. The standard InChI is InChI=1S/C18H32N4O2S/c1-6-24-11-7-10-19-18(20-13-17(23)22(4)5)21-14(2)12-16-9-8-15(3)25-16/h8-9,14H,6-7,10-13H2,1-5H3,(H2,19,20,21). The van der Waals surface area contributed by atoms with Gasteiger partial charge in [-0.1, -0.05) is 0 Å². The van der Waals surface area contributed by atoms with Crippen LogP contribution in [0.15, 0.2) is 17.1 Å². The van der Waals surface area contributed by atoms with Gasteiger partial charge < -0.3 is 20.3 Å². The van der Waals surface area contributed by atoms with Crippen molar-refractivity contribution in [2.45, 2.75) is 39.7 Å². The zero-order chi connectivity index (χ0) is 18.7. The third-order valence-corrected chi connectivity index (χ3v) is 4.54. The summed E-state index contributed by atoms with van der Waals surface area (Å²) >= 11 is 1.81. The summed E-state index contributed by atoms with van der Waals surface area (Å²) in [6.45, 7) is 8.57. The fourth-order valence-corrected chi connectivity index (χ4v) is 3.17. The van der Waals surface area contributed by atoms with E-state index in [2.05, 4.69) is 41.6 Å². The van der Waals surface area contributed by atoms with Gasteiger partial charge in [0, 0.05) is 56.1 Å². The van der Waals surface area contributed by atoms with E-state index in [1.165, 1.54) is 9.75 Å². The van der Waals surface area contributed by atoms with Crippen LogP contribution >= 0.6 is 11.3 Å². The van der Waals surface area contributed by atoms with Crippen LogP contribution in [0.25, 0.3) is 0 Å². The van der Waals surface area contributed by atoms with Crippen molar-refractivity contribution < 1.29 is 9.53 Å². The smallest absolute Gasteiger partial charge is 0.243 e. The Morgan fingerprint density at radius 2 is 2.16 bits per heavy atom. The molecule has 0 saturated heterocycles. The molecule has 1 atom stereocenters. The highest BCUT2D eigenvalue weighted by Gasteiger charge is 2.09. The largest absolute Gasteiger partial charge is 0.382 e. The average Bonchev–Trinajstić information content (AvgIpc) is 2.96. The van der Waals surface area contributed by atoms with Crippen LogP contribution in [0.3, 0.4) is 0 Å². The zero-order valence-electron chi connectivity index (χ0n) is 16.1. The molecule has 0 saturated carbocycles. The Morgan fingerprint density at radius 3 is 2.76 bits per heavy atom. The molecule has 0 radical (unpaired) electrons. The van der Waals surface area contributed by atoms with Gasteiger partial charge in [-0.05, 0) is 39.3 Å². The van der Waals surface area contributed by atoms with Gasteiger partial charge in [0.15, 0.2) is 5.96 Å². The molecule has 142 valence electrons. The van der Waals surface area contributed by atoms with E-state index in [1.807, 2.05) is 18.3 Å². The minimum Gasteiger partial charge on any atom is -0.382 e. The number of guanidine groups is 1. The second kappa shape index (κ2) is 11.9. The van der Waals surface area contributed by atoms with Crippen LogP contribution in [-0.4, -0.2) is 63.2 Å². The molecule has 0 spiro atoms. The molecule has 1 aromatic rings. The summed E-state index contributed by atoms with van der Waals surface area (Å²) in [4.78, 5) is 20.4. The molecule has 1 amide bonds. The Hall–Kier alpha value is -1.60. The van der Waals surface area contributed by atoms with Crippen LogP contribution in [0.5, 0.6) is 0 Å². The van der Waals surface area contributed by atoms with Crippen LogP contribution in [0.2, 0.25) is 0 Å². The van der Waals surface area contributed by atoms with E-state index in [4.69, 9.17) is 4.74 Å². The quantitative estimate of drug-likeness (QED) is 0.377. The lowest BCUT2D eigenvalue weighted by atomic mass is 10.2. The molecular weight excluding hydrogens is 336 g/mol. The Kier molecular flexibility index (Phi) is 10.2. The second-order valence-electron chi connectivity index (χ2n) is 6.19. The number of aliphatic imine (C=N–C) groups is 1. The van der Waals surface area contributed by atoms with E-state index in [-0.39, 0.29) is 18.5 Å². The maximum absolute atomic E-state index is 11.8. The van der Waals surface area contributed by atoms with Crippen molar-refractivity contribution in [3.8, 4) is 0 Å². The SMILES string of the molecule is CCOCCCNC(=NCC(=O)N(C)C)NC(C)Cc1ccc(C)s1. The van der Waals surface area contributed by atoms with Crippen LogP contribution in [-0.2, 0) is 16.0 Å². The fraction of sp³-hybridized carbons (Fsp3) is 0.667. The monoisotopic (exact) mass is 368 g/mol. The summed E-state index contributed by atoms with van der Waals surface area (Å²) in [5.74, 6) is 0.657. The fourth-order valence-electron chi connectivity index (χ4n) is 2.15. The Morgan fingerprint density at radius 1 is 1.40 bits per heavy atom. The summed E-state index contributed by atoms with van der Waals surface area (Å²) in [6.07, 6.45) is 1.83. The van der Waals surface area contributed by atoms with Gasteiger partial charge in [-0.3, -0.25) is 4.79 Å². The first-order valence-corrected chi connectivity index (χ1v) is 9.62. The number of amides is 1. The number of nitrogens with zero attached hydrogens (tertiary/aromatic N) is 2. The topological polar surface area (TPSA) is 66.0 Å². The van der Waals surface area contributed by atoms with E-state index in [1.54, 1.807) is 19.0 Å². The van der Waals surface area contributed by atoms with Crippen molar-refractivity contribution in [1.29, 1.82) is 0 Å². The molecule has 0 aliphatic carbocycles. The molecule has 0 aromatic carbocycles. The number of ether oxygens (including phenoxy) is 1. The van der Waals surface area contributed by atoms with Crippen LogP contribution in [0.4, 0.5) is 0 Å². The number of carbonyl (C=O) groups excluding carboxylic acids is 1. The maximum atomic E-state index is 11.8. The molecular formula is C18H32N4O2S. The summed E-state index contributed by atoms with van der Waals surface area (Å²) in [5, 5.41) is 6.68. The van der Waals surface area contributed by atoms with Crippen molar-refractivity contribution in [3.63, 3.8) is 0 Å². The summed E-state index contributed by atoms with van der Waals surface area (Å²) in [5.41, 5.74) is 0. The zero-order valence-corrected chi connectivity index (χ0v) is 16.9. The maximum Gasteiger partial charge on any atom is 0.243 e. The van der Waals surface area contributed by atoms with E-state index in [0.717, 1.165) is 32.6 Å². The molecule has 1 unspecified atom stereocenters. The second-order valence-corrected chi connectivity index (χ2v) is 7.56. The molecule has 0 fully saturated rings. The normalized spacial score (nSPS) is 12.8. The number of rotatable bonds is 10. The molecule has 6 nitrogen and oxygen atoms in total. The first-order chi connectivity index (χ1) is 11.9. The molecule has 1 rings (SSSR count). The number of hydrogen-bond acceptors (Lipinski definition) is 4. The van der Waals surface area contributed by atoms with Crippen molar-refractivity contribution in [2.24, 2.45) is 4.99 Å². The van der Waals surface area contributed by atoms with Gasteiger partial charge in [-0.15, -0.1) is 11.3 Å². The molecule has 7 heteroatoms. The number of aryl methyl sites for hydroxylation is 1. The highest BCUT2D eigenvalue weighted by molar-refractivity contribution is 7.11. The van der Waals surface area contributed by atoms with E-state index in [0.29, 0.717) is 5.96 Å². The number of likely N-dealkylation sites (N-methyl/N-ethyl adjacent to an activating group) is 1. The molecule has 1 heterocycles. The van der Waals surface area contributed by atoms with Crippen LogP contribution in [0.1, 0.15) is 30.0 Å². The minimum atomic E-state index is -0.0167. The van der Waals surface area contributed by atoms with Crippen molar-refractivity contribution in [2.75, 3.05) is 40.4 Å². The van der Waals surface area contributed by atoms with Crippen LogP contribution in [0, 0.1) is 6.92 Å². The Bertz CT molecular complexity index is 543. The van der Waals surface area contributed by atoms with E-state index < -0.39 is 0 Å². The summed E-state index contributed by atoms with van der Waals surface area (Å²) in [7, 11) is 3.48. The predicted molar refractivity (Wildman–Crippen MR) is 105 cm³/mol. The molecule has 2 N–H and O–H groups in total. The van der Waals surface area contributed by atoms with Crippen molar-refractivity contribution in [1.82, 2.24) is 15.5 Å². The molecule has 0 aliphatic heterocycles. The third kappa shape index (κ3) is 9.45. The summed E-state index contributed by atoms with van der Waals surface area (Å²) in [6, 6.07) is 4.54.